The number of halogens is 4. The topological polar surface area (TPSA) is 41.6 Å². The number of carbonyl (C=O) groups is 1. The van der Waals surface area contributed by atoms with Crippen LogP contribution in [-0.4, -0.2) is 48.3 Å². The van der Waals surface area contributed by atoms with E-state index in [9.17, 15) is 22.4 Å². The third-order valence-electron chi connectivity index (χ3n) is 6.07. The van der Waals surface area contributed by atoms with Crippen LogP contribution in [0.2, 0.25) is 0 Å². The molecule has 1 aromatic heterocycles. The van der Waals surface area contributed by atoms with Crippen LogP contribution in [0.1, 0.15) is 36.4 Å². The second-order valence-electron chi connectivity index (χ2n) is 8.24. The Hall–Kier alpha value is -1.87. The van der Waals surface area contributed by atoms with Gasteiger partial charge in [0.05, 0.1) is 9.58 Å². The summed E-state index contributed by atoms with van der Waals surface area (Å²) in [6.45, 7) is 4.69. The van der Waals surface area contributed by atoms with E-state index in [0.29, 0.717) is 16.2 Å². The van der Waals surface area contributed by atoms with Crippen LogP contribution in [0.15, 0.2) is 18.2 Å². The van der Waals surface area contributed by atoms with E-state index < -0.39 is 24.3 Å². The molecule has 3 saturated heterocycles. The van der Waals surface area contributed by atoms with E-state index >= 15 is 0 Å². The van der Waals surface area contributed by atoms with Gasteiger partial charge in [-0.25, -0.2) is 4.39 Å². The predicted molar refractivity (Wildman–Crippen MR) is 103 cm³/mol. The summed E-state index contributed by atoms with van der Waals surface area (Å²) < 4.78 is 56.5. The zero-order valence-corrected chi connectivity index (χ0v) is 16.9. The van der Waals surface area contributed by atoms with Gasteiger partial charge < -0.3 is 10.1 Å². The van der Waals surface area contributed by atoms with Crippen LogP contribution < -0.4 is 10.1 Å². The molecule has 4 heterocycles. The van der Waals surface area contributed by atoms with Crippen LogP contribution in [0.25, 0.3) is 10.1 Å². The highest BCUT2D eigenvalue weighted by atomic mass is 32.1. The summed E-state index contributed by atoms with van der Waals surface area (Å²) in [5.41, 5.74) is -0.166. The number of ether oxygens (including phenoxy) is 1. The number of hydrogen-bond acceptors (Lipinski definition) is 4. The largest absolute Gasteiger partial charge is 0.480 e. The van der Waals surface area contributed by atoms with Crippen LogP contribution in [0.4, 0.5) is 17.6 Å². The van der Waals surface area contributed by atoms with Gasteiger partial charge >= 0.3 is 6.18 Å². The number of hydrogen-bond donors (Lipinski definition) is 1. The number of rotatable bonds is 4. The number of amides is 1. The molecule has 1 atom stereocenters. The number of thiophene rings is 1. The molecular formula is C20H22F4N2O2S. The first-order chi connectivity index (χ1) is 13.6. The van der Waals surface area contributed by atoms with Gasteiger partial charge in [0.2, 0.25) is 0 Å². The molecule has 3 fully saturated rings. The Kier molecular flexibility index (Phi) is 5.01. The summed E-state index contributed by atoms with van der Waals surface area (Å²) in [5.74, 6) is -1.24. The molecule has 0 radical (unpaired) electrons. The molecule has 9 heteroatoms. The molecule has 5 rings (SSSR count). The van der Waals surface area contributed by atoms with Crippen LogP contribution in [-0.2, 0) is 0 Å². The van der Waals surface area contributed by atoms with Gasteiger partial charge in [-0.1, -0.05) is 6.07 Å². The first-order valence-corrected chi connectivity index (χ1v) is 10.4. The maximum atomic E-state index is 14.1. The number of benzene rings is 1. The van der Waals surface area contributed by atoms with Crippen molar-refractivity contribution in [3.8, 4) is 5.75 Å². The molecule has 3 aliphatic rings. The minimum atomic E-state index is -4.58. The van der Waals surface area contributed by atoms with E-state index in [0.717, 1.165) is 43.3 Å². The lowest BCUT2D eigenvalue weighted by molar-refractivity contribution is -0.153. The first-order valence-electron chi connectivity index (χ1n) is 9.54. The lowest BCUT2D eigenvalue weighted by Gasteiger charge is -2.56. The Labute approximate surface area is 169 Å². The number of piperidine rings is 3. The van der Waals surface area contributed by atoms with E-state index in [1.54, 1.807) is 6.07 Å². The average Bonchev–Trinajstić information content (AvgIpc) is 3.08. The fourth-order valence-corrected chi connectivity index (χ4v) is 5.59. The molecular weight excluding hydrogens is 408 g/mol. The number of fused-ring (bicyclic) bond motifs is 4. The third-order valence-corrected chi connectivity index (χ3v) is 7.22. The van der Waals surface area contributed by atoms with Gasteiger partial charge in [-0.05, 0) is 63.2 Å². The van der Waals surface area contributed by atoms with Crippen molar-refractivity contribution < 1.29 is 27.1 Å². The molecule has 0 unspecified atom stereocenters. The highest BCUT2D eigenvalue weighted by Crippen LogP contribution is 2.40. The Morgan fingerprint density at radius 2 is 2.00 bits per heavy atom. The molecule has 3 aliphatic heterocycles. The van der Waals surface area contributed by atoms with E-state index in [4.69, 9.17) is 4.74 Å². The summed E-state index contributed by atoms with van der Waals surface area (Å²) in [6.07, 6.45) is -2.52. The lowest BCUT2D eigenvalue weighted by atomic mass is 9.72. The van der Waals surface area contributed by atoms with E-state index in [1.807, 2.05) is 0 Å². The van der Waals surface area contributed by atoms with Crippen LogP contribution in [0.3, 0.4) is 0 Å². The summed E-state index contributed by atoms with van der Waals surface area (Å²) in [5, 5.41) is 3.60. The zero-order chi connectivity index (χ0) is 21.0. The van der Waals surface area contributed by atoms with Gasteiger partial charge in [0.15, 0.2) is 18.2 Å². The van der Waals surface area contributed by atoms with E-state index in [1.165, 1.54) is 6.07 Å². The molecule has 0 saturated carbocycles. The number of nitrogens with one attached hydrogen (secondary N) is 1. The molecule has 0 aliphatic carbocycles. The molecule has 4 nitrogen and oxygen atoms in total. The van der Waals surface area contributed by atoms with Crippen molar-refractivity contribution in [3.63, 3.8) is 0 Å². The summed E-state index contributed by atoms with van der Waals surface area (Å²) in [7, 11) is 0. The molecule has 2 bridgehead atoms. The zero-order valence-electron chi connectivity index (χ0n) is 16.1. The van der Waals surface area contributed by atoms with Gasteiger partial charge in [-0.15, -0.1) is 11.3 Å². The number of nitrogens with zero attached hydrogens (tertiary/aromatic N) is 1. The van der Waals surface area contributed by atoms with Gasteiger partial charge in [0.25, 0.3) is 5.91 Å². The van der Waals surface area contributed by atoms with Crippen molar-refractivity contribution in [1.82, 2.24) is 10.2 Å². The fourth-order valence-electron chi connectivity index (χ4n) is 4.54. The van der Waals surface area contributed by atoms with E-state index in [2.05, 4.69) is 24.1 Å². The maximum absolute atomic E-state index is 14.1. The van der Waals surface area contributed by atoms with Crippen molar-refractivity contribution in [2.75, 3.05) is 19.7 Å². The highest BCUT2D eigenvalue weighted by Gasteiger charge is 2.48. The minimum Gasteiger partial charge on any atom is -0.480 e. The maximum Gasteiger partial charge on any atom is 0.422 e. The van der Waals surface area contributed by atoms with Crippen molar-refractivity contribution in [1.29, 1.82) is 0 Å². The van der Waals surface area contributed by atoms with Gasteiger partial charge in [0, 0.05) is 11.6 Å². The standard InChI is InChI=1S/C20H22F4N2O2S/c1-19(2)17(11-5-7-26(19)8-6-11)25-18(27)14-9-12-3-4-13(21)15(16(12)29-14)28-10-20(22,23)24/h3-4,9,11,17H,5-8,10H2,1-2H3,(H,25,27)/t17-/m0/s1. The van der Waals surface area contributed by atoms with Gasteiger partial charge in [-0.3, -0.25) is 9.69 Å². The van der Waals surface area contributed by atoms with Gasteiger partial charge in [-0.2, -0.15) is 13.2 Å². The first kappa shape index (κ1) is 20.4. The smallest absolute Gasteiger partial charge is 0.422 e. The Balaban J connectivity index is 1.59. The average molecular weight is 430 g/mol. The molecule has 1 N–H and O–H groups in total. The van der Waals surface area contributed by atoms with Crippen LogP contribution in [0.5, 0.6) is 5.75 Å². The quantitative estimate of drug-likeness (QED) is 0.722. The minimum absolute atomic E-state index is 0.0135. The second kappa shape index (κ2) is 7.12. The molecule has 1 aromatic carbocycles. The lowest BCUT2D eigenvalue weighted by Crippen LogP contribution is -2.69. The Morgan fingerprint density at radius 1 is 1.31 bits per heavy atom. The van der Waals surface area contributed by atoms with Gasteiger partial charge in [0.1, 0.15) is 0 Å². The summed E-state index contributed by atoms with van der Waals surface area (Å²) in [4.78, 5) is 15.6. The summed E-state index contributed by atoms with van der Waals surface area (Å²) >= 11 is 0.948. The molecule has 1 amide bonds. The number of carbonyl (C=O) groups excluding carboxylic acids is 1. The Bertz CT molecular complexity index is 932. The molecule has 0 spiro atoms. The predicted octanol–water partition coefficient (Wildman–Crippen LogP) is 4.58. The summed E-state index contributed by atoms with van der Waals surface area (Å²) in [6, 6.07) is 4.06. The number of alkyl halides is 3. The molecule has 2 aromatic rings. The SMILES string of the molecule is CC1(C)[C@@H](NC(=O)c2cc3ccc(F)c(OCC(F)(F)F)c3s2)C2CCN1CC2. The van der Waals surface area contributed by atoms with Crippen LogP contribution >= 0.6 is 11.3 Å². The Morgan fingerprint density at radius 3 is 2.62 bits per heavy atom. The third kappa shape index (κ3) is 3.82. The molecule has 158 valence electrons. The normalized spacial score (nSPS) is 25.9. The van der Waals surface area contributed by atoms with Crippen molar-refractivity contribution >= 4 is 27.3 Å². The molecule has 29 heavy (non-hydrogen) atoms. The van der Waals surface area contributed by atoms with Crippen molar-refractivity contribution in [3.05, 3.63) is 28.9 Å². The highest BCUT2D eigenvalue weighted by molar-refractivity contribution is 7.21. The monoisotopic (exact) mass is 430 g/mol. The van der Waals surface area contributed by atoms with E-state index in [-0.39, 0.29) is 22.2 Å². The van der Waals surface area contributed by atoms with Crippen LogP contribution in [0, 0.1) is 11.7 Å². The second-order valence-corrected chi connectivity index (χ2v) is 9.29. The van der Waals surface area contributed by atoms with Crippen molar-refractivity contribution in [2.45, 2.75) is 44.4 Å². The van der Waals surface area contributed by atoms with Crippen molar-refractivity contribution in [2.24, 2.45) is 5.92 Å². The fraction of sp³-hybridized carbons (Fsp3) is 0.550.